The second-order valence-electron chi connectivity index (χ2n) is 8.65. The fourth-order valence-corrected chi connectivity index (χ4v) is 5.54. The summed E-state index contributed by atoms with van der Waals surface area (Å²) < 4.78 is 1.95. The number of carbonyl (C=O) groups is 2. The lowest BCUT2D eigenvalue weighted by molar-refractivity contribution is -0.140. The fraction of sp³-hybridized carbons (Fsp3) is 0.652. The Morgan fingerprint density at radius 1 is 1.09 bits per heavy atom. The zero-order valence-corrected chi connectivity index (χ0v) is 21.8. The molecule has 9 heteroatoms. The molecule has 4 atom stereocenters. The molecule has 176 valence electrons. The van der Waals surface area contributed by atoms with E-state index in [9.17, 15) is 9.59 Å². The molecule has 2 amide bonds. The number of carbonyl (C=O) groups excluding carboxylic acids is 2. The number of nitrogens with zero attached hydrogens (tertiary/aromatic N) is 4. The first-order chi connectivity index (χ1) is 15.0. The van der Waals surface area contributed by atoms with Gasteiger partial charge in [-0.15, -0.1) is 24.0 Å². The Bertz CT molecular complexity index is 894. The van der Waals surface area contributed by atoms with Gasteiger partial charge in [-0.2, -0.15) is 5.10 Å². The molecule has 4 unspecified atom stereocenters. The Kier molecular flexibility index (Phi) is 8.00. The largest absolute Gasteiger partial charge is 0.357 e. The van der Waals surface area contributed by atoms with Gasteiger partial charge in [0.15, 0.2) is 5.96 Å². The van der Waals surface area contributed by atoms with E-state index in [1.165, 1.54) is 16.2 Å². The molecule has 0 radical (unpaired) electrons. The van der Waals surface area contributed by atoms with Crippen molar-refractivity contribution in [2.24, 2.45) is 35.7 Å². The quantitative estimate of drug-likeness (QED) is 0.169. The van der Waals surface area contributed by atoms with Gasteiger partial charge in [0.1, 0.15) is 0 Å². The lowest BCUT2D eigenvalue weighted by Gasteiger charge is -2.18. The molecule has 2 fully saturated rings. The predicted molar refractivity (Wildman–Crippen MR) is 135 cm³/mol. The number of aryl methyl sites for hydroxylation is 2. The van der Waals surface area contributed by atoms with Crippen molar-refractivity contribution < 1.29 is 9.59 Å². The molecular formula is C23H35IN6O2. The van der Waals surface area contributed by atoms with E-state index >= 15 is 0 Å². The van der Waals surface area contributed by atoms with Crippen LogP contribution in [0, 0.1) is 23.7 Å². The molecule has 1 aromatic heterocycles. The van der Waals surface area contributed by atoms with E-state index in [-0.39, 0.29) is 59.5 Å². The number of guanidine groups is 1. The molecule has 3 aliphatic rings. The lowest BCUT2D eigenvalue weighted by atomic mass is 9.85. The van der Waals surface area contributed by atoms with Crippen LogP contribution >= 0.6 is 24.0 Å². The van der Waals surface area contributed by atoms with Crippen LogP contribution < -0.4 is 10.6 Å². The standard InChI is InChI=1S/C23H34N6O2.HI/c1-5-17-16(18(6-2)28(4)27-17)13-26-23(24-7-3)25-10-11-29-21(30)19-14-8-9-15(12-14)20(19)22(29)31;/h8-9,14-15,19-20H,5-7,10-13H2,1-4H3,(H2,24,25,26);1H. The molecule has 1 aromatic rings. The molecule has 1 aliphatic heterocycles. The van der Waals surface area contributed by atoms with Crippen molar-refractivity contribution in [2.75, 3.05) is 19.6 Å². The van der Waals surface area contributed by atoms with Crippen molar-refractivity contribution in [3.63, 3.8) is 0 Å². The van der Waals surface area contributed by atoms with Crippen LogP contribution in [0.5, 0.6) is 0 Å². The van der Waals surface area contributed by atoms with Crippen LogP contribution in [0.3, 0.4) is 0 Å². The summed E-state index contributed by atoms with van der Waals surface area (Å²) in [6.45, 7) is 8.42. The Balaban J connectivity index is 0.00000289. The van der Waals surface area contributed by atoms with Crippen molar-refractivity contribution in [3.8, 4) is 0 Å². The normalized spacial score (nSPS) is 26.0. The molecule has 1 saturated carbocycles. The van der Waals surface area contributed by atoms with Crippen LogP contribution in [-0.2, 0) is 36.0 Å². The van der Waals surface area contributed by atoms with E-state index in [1.54, 1.807) is 0 Å². The van der Waals surface area contributed by atoms with Gasteiger partial charge in [-0.1, -0.05) is 26.0 Å². The summed E-state index contributed by atoms with van der Waals surface area (Å²) in [7, 11) is 1.98. The maximum Gasteiger partial charge on any atom is 0.233 e. The van der Waals surface area contributed by atoms with E-state index in [1.807, 2.05) is 18.7 Å². The highest BCUT2D eigenvalue weighted by Crippen LogP contribution is 2.52. The van der Waals surface area contributed by atoms with Gasteiger partial charge in [-0.3, -0.25) is 19.2 Å². The maximum atomic E-state index is 12.8. The van der Waals surface area contributed by atoms with E-state index in [2.05, 4.69) is 41.7 Å². The molecule has 2 aliphatic carbocycles. The third-order valence-electron chi connectivity index (χ3n) is 6.96. The molecule has 0 spiro atoms. The molecule has 32 heavy (non-hydrogen) atoms. The highest BCUT2D eigenvalue weighted by atomic mass is 127. The van der Waals surface area contributed by atoms with Crippen molar-refractivity contribution >= 4 is 41.8 Å². The molecule has 2 N–H and O–H groups in total. The number of nitrogens with one attached hydrogen (secondary N) is 2. The molecule has 2 bridgehead atoms. The average Bonchev–Trinajstić information content (AvgIpc) is 3.50. The Morgan fingerprint density at radius 3 is 2.31 bits per heavy atom. The van der Waals surface area contributed by atoms with Gasteiger partial charge in [0, 0.05) is 37.9 Å². The smallest absolute Gasteiger partial charge is 0.233 e. The van der Waals surface area contributed by atoms with Gasteiger partial charge in [-0.05, 0) is 38.0 Å². The van der Waals surface area contributed by atoms with Crippen LogP contribution in [0.4, 0.5) is 0 Å². The van der Waals surface area contributed by atoms with Crippen molar-refractivity contribution in [1.29, 1.82) is 0 Å². The van der Waals surface area contributed by atoms with Gasteiger partial charge in [0.25, 0.3) is 0 Å². The highest BCUT2D eigenvalue weighted by molar-refractivity contribution is 14.0. The fourth-order valence-electron chi connectivity index (χ4n) is 5.54. The second kappa shape index (κ2) is 10.4. The summed E-state index contributed by atoms with van der Waals surface area (Å²) in [6, 6.07) is 0. The van der Waals surface area contributed by atoms with Gasteiger partial charge in [0.05, 0.1) is 24.1 Å². The zero-order valence-electron chi connectivity index (χ0n) is 19.4. The van der Waals surface area contributed by atoms with Gasteiger partial charge in [-0.25, -0.2) is 4.99 Å². The van der Waals surface area contributed by atoms with Gasteiger partial charge in [0.2, 0.25) is 11.8 Å². The number of aliphatic imine (C=N–C) groups is 1. The minimum absolute atomic E-state index is 0. The molecule has 4 rings (SSSR count). The summed E-state index contributed by atoms with van der Waals surface area (Å²) in [5.74, 6) is 0.949. The number of fused-ring (bicyclic) bond motifs is 5. The molecule has 1 saturated heterocycles. The van der Waals surface area contributed by atoms with Crippen molar-refractivity contribution in [1.82, 2.24) is 25.3 Å². The molecule has 8 nitrogen and oxygen atoms in total. The van der Waals surface area contributed by atoms with E-state index in [4.69, 9.17) is 4.99 Å². The third kappa shape index (κ3) is 4.32. The number of imide groups is 1. The van der Waals surface area contributed by atoms with Crippen LogP contribution in [-0.4, -0.2) is 52.1 Å². The van der Waals surface area contributed by atoms with Crippen molar-refractivity contribution in [3.05, 3.63) is 29.1 Å². The summed E-state index contributed by atoms with van der Waals surface area (Å²) >= 11 is 0. The Hall–Kier alpha value is -1.91. The number of likely N-dealkylation sites (tertiary alicyclic amines) is 1. The third-order valence-corrected chi connectivity index (χ3v) is 6.96. The van der Waals surface area contributed by atoms with Gasteiger partial charge < -0.3 is 10.6 Å². The van der Waals surface area contributed by atoms with E-state index in [0.29, 0.717) is 25.6 Å². The van der Waals surface area contributed by atoms with Crippen molar-refractivity contribution in [2.45, 2.75) is 46.6 Å². The first-order valence-corrected chi connectivity index (χ1v) is 11.6. The Labute approximate surface area is 207 Å². The Morgan fingerprint density at radius 2 is 1.75 bits per heavy atom. The summed E-state index contributed by atoms with van der Waals surface area (Å²) in [5, 5.41) is 11.2. The molecule has 0 aromatic carbocycles. The topological polar surface area (TPSA) is 91.6 Å². The van der Waals surface area contributed by atoms with Crippen LogP contribution in [0.2, 0.25) is 0 Å². The minimum atomic E-state index is -0.130. The number of hydrogen-bond acceptors (Lipinski definition) is 4. The number of amides is 2. The molecular weight excluding hydrogens is 519 g/mol. The average molecular weight is 554 g/mol. The second-order valence-corrected chi connectivity index (χ2v) is 8.65. The summed E-state index contributed by atoms with van der Waals surface area (Å²) in [6.07, 6.45) is 7.01. The van der Waals surface area contributed by atoms with Crippen LogP contribution in [0.25, 0.3) is 0 Å². The van der Waals surface area contributed by atoms with Gasteiger partial charge >= 0.3 is 0 Å². The maximum absolute atomic E-state index is 12.8. The van der Waals surface area contributed by atoms with E-state index < -0.39 is 0 Å². The zero-order chi connectivity index (χ0) is 22.1. The van der Waals surface area contributed by atoms with Crippen LogP contribution in [0.1, 0.15) is 44.1 Å². The number of halogens is 1. The summed E-state index contributed by atoms with van der Waals surface area (Å²) in [4.78, 5) is 31.9. The number of allylic oxidation sites excluding steroid dienone is 2. The SMILES string of the molecule is CCNC(=NCc1c(CC)nn(C)c1CC)NCCN1C(=O)C2C3C=CC(C3)C2C1=O.I. The number of rotatable bonds is 8. The first kappa shape index (κ1) is 24.7. The predicted octanol–water partition coefficient (Wildman–Crippen LogP) is 2.03. The minimum Gasteiger partial charge on any atom is -0.357 e. The number of hydrogen-bond donors (Lipinski definition) is 2. The monoisotopic (exact) mass is 554 g/mol. The highest BCUT2D eigenvalue weighted by Gasteiger charge is 2.58. The lowest BCUT2D eigenvalue weighted by Crippen LogP contribution is -2.43. The van der Waals surface area contributed by atoms with E-state index in [0.717, 1.165) is 31.5 Å². The number of aromatic nitrogens is 2. The molecule has 2 heterocycles. The summed E-state index contributed by atoms with van der Waals surface area (Å²) in [5.41, 5.74) is 3.48. The first-order valence-electron chi connectivity index (χ1n) is 11.6. The van der Waals surface area contributed by atoms with Crippen LogP contribution in [0.15, 0.2) is 17.1 Å².